The van der Waals surface area contributed by atoms with E-state index in [0.717, 1.165) is 5.56 Å². The van der Waals surface area contributed by atoms with Crippen molar-refractivity contribution in [1.82, 2.24) is 0 Å². The zero-order valence-electron chi connectivity index (χ0n) is 8.71. The minimum atomic E-state index is 0. The van der Waals surface area contributed by atoms with Crippen LogP contribution in [-0.4, -0.2) is 23.1 Å². The Hall–Kier alpha value is -0.404. The monoisotopic (exact) mass is 196 g/mol. The van der Waals surface area contributed by atoms with Gasteiger partial charge in [0.1, 0.15) is 0 Å². The SMILES string of the molecule is [C-]1=CCCCC1.[CH2-]c1ccccc1.[Mg+2]. The smallest absolute Gasteiger partial charge is 0.501 e. The van der Waals surface area contributed by atoms with E-state index in [9.17, 15) is 0 Å². The van der Waals surface area contributed by atoms with Gasteiger partial charge in [-0.1, -0.05) is 25.3 Å². The van der Waals surface area contributed by atoms with Crippen LogP contribution in [0.15, 0.2) is 36.4 Å². The van der Waals surface area contributed by atoms with Crippen LogP contribution in [0.5, 0.6) is 0 Å². The normalized spacial score (nSPS) is 13.4. The van der Waals surface area contributed by atoms with Crippen molar-refractivity contribution in [1.29, 1.82) is 0 Å². The Bertz CT molecular complexity index is 231. The summed E-state index contributed by atoms with van der Waals surface area (Å²) in [6.45, 7) is 3.72. The summed E-state index contributed by atoms with van der Waals surface area (Å²) in [5.41, 5.74) is 1.07. The van der Waals surface area contributed by atoms with Gasteiger partial charge in [-0.25, -0.2) is 0 Å². The van der Waals surface area contributed by atoms with Gasteiger partial charge in [0.2, 0.25) is 0 Å². The first-order valence-corrected chi connectivity index (χ1v) is 4.81. The molecule has 1 aliphatic rings. The van der Waals surface area contributed by atoms with E-state index in [0.29, 0.717) is 0 Å². The molecule has 0 saturated carbocycles. The molecule has 70 valence electrons. The summed E-state index contributed by atoms with van der Waals surface area (Å²) in [6.07, 6.45) is 10.5. The van der Waals surface area contributed by atoms with Crippen LogP contribution in [0.4, 0.5) is 0 Å². The predicted octanol–water partition coefficient (Wildman–Crippen LogP) is 3.41. The largest absolute Gasteiger partial charge is 2.00 e. The van der Waals surface area contributed by atoms with E-state index in [1.54, 1.807) is 0 Å². The van der Waals surface area contributed by atoms with Crippen molar-refractivity contribution in [2.75, 3.05) is 0 Å². The fourth-order valence-electron chi connectivity index (χ4n) is 1.16. The van der Waals surface area contributed by atoms with Crippen molar-refractivity contribution in [2.24, 2.45) is 0 Å². The number of benzene rings is 1. The molecule has 0 aromatic heterocycles. The Kier molecular flexibility index (Phi) is 8.90. The van der Waals surface area contributed by atoms with Gasteiger partial charge in [0, 0.05) is 0 Å². The zero-order chi connectivity index (χ0) is 9.36. The molecule has 0 aliphatic heterocycles. The van der Waals surface area contributed by atoms with Gasteiger partial charge in [-0.05, 0) is 0 Å². The van der Waals surface area contributed by atoms with Crippen LogP contribution in [0.3, 0.4) is 0 Å². The maximum atomic E-state index is 3.72. The summed E-state index contributed by atoms with van der Waals surface area (Å²) in [5, 5.41) is 0. The molecule has 1 aliphatic carbocycles. The van der Waals surface area contributed by atoms with Gasteiger partial charge in [-0.3, -0.25) is 6.08 Å². The third-order valence-corrected chi connectivity index (χ3v) is 1.91. The first-order valence-electron chi connectivity index (χ1n) is 4.81. The third-order valence-electron chi connectivity index (χ3n) is 1.91. The summed E-state index contributed by atoms with van der Waals surface area (Å²) < 4.78 is 0. The number of hydrogen-bond donors (Lipinski definition) is 0. The van der Waals surface area contributed by atoms with Crippen molar-refractivity contribution >= 4 is 23.1 Å². The van der Waals surface area contributed by atoms with E-state index in [4.69, 9.17) is 0 Å². The predicted molar refractivity (Wildman–Crippen MR) is 62.9 cm³/mol. The topological polar surface area (TPSA) is 0 Å². The van der Waals surface area contributed by atoms with Crippen molar-refractivity contribution in [3.05, 3.63) is 55.0 Å². The van der Waals surface area contributed by atoms with Gasteiger partial charge in [0.05, 0.1) is 0 Å². The van der Waals surface area contributed by atoms with Gasteiger partial charge >= 0.3 is 23.1 Å². The molecule has 0 spiro atoms. The number of allylic oxidation sites excluding steroid dienone is 2. The van der Waals surface area contributed by atoms with Gasteiger partial charge in [0.25, 0.3) is 0 Å². The van der Waals surface area contributed by atoms with Crippen LogP contribution < -0.4 is 0 Å². The number of hydrogen-bond acceptors (Lipinski definition) is 0. The van der Waals surface area contributed by atoms with Crippen molar-refractivity contribution in [2.45, 2.75) is 25.7 Å². The zero-order valence-corrected chi connectivity index (χ0v) is 10.1. The summed E-state index contributed by atoms with van der Waals surface area (Å²) in [6, 6.07) is 9.87. The van der Waals surface area contributed by atoms with Gasteiger partial charge in [-0.15, -0.1) is 12.1 Å². The molecule has 0 atom stereocenters. The average Bonchev–Trinajstić information content (AvgIpc) is 2.22. The molecule has 0 N–H and O–H groups in total. The molecule has 0 saturated heterocycles. The molecule has 14 heavy (non-hydrogen) atoms. The van der Waals surface area contributed by atoms with E-state index in [2.05, 4.69) is 19.1 Å². The van der Waals surface area contributed by atoms with E-state index in [1.165, 1.54) is 25.7 Å². The molecule has 1 aromatic carbocycles. The fraction of sp³-hybridized carbons (Fsp3) is 0.308. The van der Waals surface area contributed by atoms with Crippen molar-refractivity contribution in [3.63, 3.8) is 0 Å². The second-order valence-corrected chi connectivity index (χ2v) is 3.14. The Balaban J connectivity index is 0.000000227. The molecule has 1 aromatic rings. The second-order valence-electron chi connectivity index (χ2n) is 3.14. The fourth-order valence-corrected chi connectivity index (χ4v) is 1.16. The minimum absolute atomic E-state index is 0. The van der Waals surface area contributed by atoms with Crippen LogP contribution in [-0.2, 0) is 0 Å². The Morgan fingerprint density at radius 3 is 2.00 bits per heavy atom. The molecular formula is C13H16Mg. The van der Waals surface area contributed by atoms with E-state index < -0.39 is 0 Å². The molecule has 0 amide bonds. The van der Waals surface area contributed by atoms with Crippen LogP contribution in [0, 0.1) is 13.0 Å². The molecule has 0 radical (unpaired) electrons. The summed E-state index contributed by atoms with van der Waals surface area (Å²) >= 11 is 0. The first-order chi connectivity index (χ1) is 6.39. The summed E-state index contributed by atoms with van der Waals surface area (Å²) in [5.74, 6) is 0. The van der Waals surface area contributed by atoms with Crippen LogP contribution in [0.25, 0.3) is 0 Å². The van der Waals surface area contributed by atoms with E-state index in [-0.39, 0.29) is 23.1 Å². The first kappa shape index (κ1) is 13.6. The van der Waals surface area contributed by atoms with Crippen LogP contribution >= 0.6 is 0 Å². The minimum Gasteiger partial charge on any atom is -0.501 e. The van der Waals surface area contributed by atoms with Crippen LogP contribution in [0.1, 0.15) is 31.2 Å². The molecule has 0 nitrogen and oxygen atoms in total. The number of rotatable bonds is 0. The van der Waals surface area contributed by atoms with E-state index in [1.807, 2.05) is 30.3 Å². The quantitative estimate of drug-likeness (QED) is 0.441. The summed E-state index contributed by atoms with van der Waals surface area (Å²) in [4.78, 5) is 0. The van der Waals surface area contributed by atoms with Crippen LogP contribution in [0.2, 0.25) is 0 Å². The Morgan fingerprint density at radius 2 is 1.79 bits per heavy atom. The third kappa shape index (κ3) is 7.04. The van der Waals surface area contributed by atoms with Crippen molar-refractivity contribution in [3.8, 4) is 0 Å². The molecule has 0 bridgehead atoms. The molecular weight excluding hydrogens is 180 g/mol. The molecule has 2 rings (SSSR count). The molecule has 0 heterocycles. The maximum absolute atomic E-state index is 3.72. The summed E-state index contributed by atoms with van der Waals surface area (Å²) in [7, 11) is 0. The standard InChI is InChI=1S/C7H7.C6H9.Mg/c1-7-5-3-2-4-6-7;1-2-4-6-5-3-1;/h2-6H,1H2;1H,2,4-6H2;/q2*-1;+2. The van der Waals surface area contributed by atoms with Gasteiger partial charge in [0.15, 0.2) is 0 Å². The van der Waals surface area contributed by atoms with Gasteiger partial charge in [-0.2, -0.15) is 31.0 Å². The molecule has 0 unspecified atom stereocenters. The maximum Gasteiger partial charge on any atom is 2.00 e. The Labute approximate surface area is 104 Å². The average molecular weight is 197 g/mol. The Morgan fingerprint density at radius 1 is 1.07 bits per heavy atom. The van der Waals surface area contributed by atoms with Crippen molar-refractivity contribution < 1.29 is 0 Å². The van der Waals surface area contributed by atoms with Gasteiger partial charge < -0.3 is 6.08 Å². The second kappa shape index (κ2) is 9.16. The van der Waals surface area contributed by atoms with E-state index >= 15 is 0 Å². The molecule has 1 heteroatoms. The molecule has 0 fully saturated rings.